The third-order valence-corrected chi connectivity index (χ3v) is 6.72. The van der Waals surface area contributed by atoms with Crippen LogP contribution in [0.3, 0.4) is 0 Å². The summed E-state index contributed by atoms with van der Waals surface area (Å²) in [6.45, 7) is 0.504. The van der Waals surface area contributed by atoms with Crippen LogP contribution in [0.1, 0.15) is 5.56 Å². The second kappa shape index (κ2) is 6.63. The normalized spacial score (nSPS) is 11.7. The average Bonchev–Trinajstić information content (AvgIpc) is 2.96. The first-order valence-corrected chi connectivity index (χ1v) is 10.1. The Balaban J connectivity index is 1.96. The van der Waals surface area contributed by atoms with Gasteiger partial charge in [0.15, 0.2) is 0 Å². The molecule has 3 nitrogen and oxygen atoms in total. The number of halogens is 1. The lowest BCUT2D eigenvalue weighted by molar-refractivity contribution is 0.596. The fraction of sp³-hybridized carbons (Fsp3) is 0.0476. The van der Waals surface area contributed by atoms with Crippen molar-refractivity contribution in [2.24, 2.45) is 0 Å². The van der Waals surface area contributed by atoms with Crippen LogP contribution < -0.4 is 0 Å². The molecule has 0 amide bonds. The van der Waals surface area contributed by atoms with Crippen molar-refractivity contribution in [3.63, 3.8) is 0 Å². The maximum atomic E-state index is 13.2. The molecule has 0 fully saturated rings. The van der Waals surface area contributed by atoms with Gasteiger partial charge in [0.1, 0.15) is 10.0 Å². The van der Waals surface area contributed by atoms with Crippen molar-refractivity contribution in [1.82, 2.24) is 4.57 Å². The second-order valence-corrected chi connectivity index (χ2v) is 8.27. The Bertz CT molecular complexity index is 1170. The van der Waals surface area contributed by atoms with Crippen LogP contribution in [-0.2, 0) is 16.4 Å². The number of para-hydroxylation sites is 1. The van der Waals surface area contributed by atoms with Crippen molar-refractivity contribution < 1.29 is 8.42 Å². The molecule has 0 bridgehead atoms. The first-order valence-electron chi connectivity index (χ1n) is 8.20. The fourth-order valence-corrected chi connectivity index (χ4v) is 5.24. The first kappa shape index (κ1) is 16.9. The number of benzene rings is 3. The van der Waals surface area contributed by atoms with Gasteiger partial charge in [-0.2, -0.15) is 0 Å². The van der Waals surface area contributed by atoms with Crippen molar-refractivity contribution in [3.05, 3.63) is 95.6 Å². The summed E-state index contributed by atoms with van der Waals surface area (Å²) in [4.78, 5) is 0.404. The van der Waals surface area contributed by atoms with E-state index in [1.54, 1.807) is 36.4 Å². The van der Waals surface area contributed by atoms with Crippen molar-refractivity contribution in [1.29, 1.82) is 0 Å². The van der Waals surface area contributed by atoms with E-state index < -0.39 is 9.84 Å². The molecule has 0 N–H and O–H groups in total. The van der Waals surface area contributed by atoms with Crippen LogP contribution in [0, 0.1) is 0 Å². The molecule has 26 heavy (non-hydrogen) atoms. The second-order valence-electron chi connectivity index (χ2n) is 6.03. The van der Waals surface area contributed by atoms with Gasteiger partial charge >= 0.3 is 0 Å². The number of fused-ring (bicyclic) bond motifs is 1. The lowest BCUT2D eigenvalue weighted by Crippen LogP contribution is -2.04. The highest BCUT2D eigenvalue weighted by Crippen LogP contribution is 2.37. The van der Waals surface area contributed by atoms with Gasteiger partial charge in [0.2, 0.25) is 9.84 Å². The lowest BCUT2D eigenvalue weighted by Gasteiger charge is -2.08. The summed E-state index contributed by atoms with van der Waals surface area (Å²) >= 11 is 6.62. The molecule has 0 unspecified atom stereocenters. The van der Waals surface area contributed by atoms with E-state index in [4.69, 9.17) is 11.6 Å². The van der Waals surface area contributed by atoms with Crippen LogP contribution in [0.4, 0.5) is 0 Å². The van der Waals surface area contributed by atoms with Gasteiger partial charge < -0.3 is 4.57 Å². The highest BCUT2D eigenvalue weighted by atomic mass is 35.5. The Hall–Kier alpha value is -2.56. The van der Waals surface area contributed by atoms with E-state index >= 15 is 0 Å². The van der Waals surface area contributed by atoms with E-state index in [0.29, 0.717) is 11.9 Å². The zero-order chi connectivity index (χ0) is 18.1. The van der Waals surface area contributed by atoms with Crippen molar-refractivity contribution in [2.75, 3.05) is 0 Å². The molecule has 0 radical (unpaired) electrons. The monoisotopic (exact) mass is 381 g/mol. The van der Waals surface area contributed by atoms with Crippen LogP contribution >= 0.6 is 11.6 Å². The lowest BCUT2D eigenvalue weighted by atomic mass is 10.2. The SMILES string of the molecule is O=S(=O)(c1ccccc1)c1c(Cl)n(Cc2ccccc2)c2ccccc12. The molecular weight excluding hydrogens is 366 g/mol. The van der Waals surface area contributed by atoms with Gasteiger partial charge in [0.25, 0.3) is 0 Å². The van der Waals surface area contributed by atoms with Gasteiger partial charge in [-0.25, -0.2) is 8.42 Å². The number of aromatic nitrogens is 1. The van der Waals surface area contributed by atoms with E-state index in [-0.39, 0.29) is 14.9 Å². The molecule has 0 spiro atoms. The minimum atomic E-state index is -3.72. The molecule has 3 aromatic carbocycles. The van der Waals surface area contributed by atoms with Gasteiger partial charge in [-0.15, -0.1) is 0 Å². The Morgan fingerprint density at radius 2 is 1.35 bits per heavy atom. The number of rotatable bonds is 4. The van der Waals surface area contributed by atoms with Gasteiger partial charge in [-0.05, 0) is 23.8 Å². The highest BCUT2D eigenvalue weighted by Gasteiger charge is 2.28. The van der Waals surface area contributed by atoms with Crippen molar-refractivity contribution in [2.45, 2.75) is 16.3 Å². The quantitative estimate of drug-likeness (QED) is 0.488. The van der Waals surface area contributed by atoms with E-state index in [9.17, 15) is 8.42 Å². The zero-order valence-corrected chi connectivity index (χ0v) is 15.4. The minimum absolute atomic E-state index is 0.164. The van der Waals surface area contributed by atoms with Crippen molar-refractivity contribution in [3.8, 4) is 0 Å². The summed E-state index contributed by atoms with van der Waals surface area (Å²) < 4.78 is 28.3. The Morgan fingerprint density at radius 1 is 0.769 bits per heavy atom. The maximum Gasteiger partial charge on any atom is 0.210 e. The van der Waals surface area contributed by atoms with Crippen molar-refractivity contribution >= 4 is 32.3 Å². The molecule has 0 saturated carbocycles. The van der Waals surface area contributed by atoms with E-state index in [1.165, 1.54) is 0 Å². The predicted molar refractivity (Wildman–Crippen MR) is 104 cm³/mol. The van der Waals surface area contributed by atoms with Gasteiger partial charge in [-0.3, -0.25) is 0 Å². The molecule has 4 aromatic rings. The summed E-state index contributed by atoms with van der Waals surface area (Å²) in [5, 5.41) is 0.871. The molecule has 4 rings (SSSR count). The molecule has 1 aromatic heterocycles. The zero-order valence-electron chi connectivity index (χ0n) is 13.8. The van der Waals surface area contributed by atoms with Crippen LogP contribution in [0.15, 0.2) is 94.7 Å². The number of nitrogens with zero attached hydrogens (tertiary/aromatic N) is 1. The number of hydrogen-bond donors (Lipinski definition) is 0. The predicted octanol–water partition coefficient (Wildman–Crippen LogP) is 5.18. The molecule has 1 heterocycles. The molecule has 0 atom stereocenters. The first-order chi connectivity index (χ1) is 12.6. The van der Waals surface area contributed by atoms with Crippen LogP contribution in [-0.4, -0.2) is 13.0 Å². The Labute approximate surface area is 157 Å². The molecule has 0 aliphatic heterocycles. The Kier molecular flexibility index (Phi) is 4.31. The van der Waals surface area contributed by atoms with E-state index in [2.05, 4.69) is 0 Å². The topological polar surface area (TPSA) is 39.1 Å². The maximum absolute atomic E-state index is 13.2. The van der Waals surface area contributed by atoms with Crippen LogP contribution in [0.5, 0.6) is 0 Å². The minimum Gasteiger partial charge on any atom is -0.326 e. The summed E-state index contributed by atoms with van der Waals surface area (Å²) in [6, 6.07) is 25.7. The summed E-state index contributed by atoms with van der Waals surface area (Å²) in [7, 11) is -3.72. The standard InChI is InChI=1S/C21H16ClNO2S/c22-21-20(26(24,25)17-11-5-2-6-12-17)18-13-7-8-14-19(18)23(21)15-16-9-3-1-4-10-16/h1-14H,15H2. The molecule has 0 saturated heterocycles. The third-order valence-electron chi connectivity index (χ3n) is 4.37. The molecule has 130 valence electrons. The van der Waals surface area contributed by atoms with E-state index in [1.807, 2.05) is 53.1 Å². The molecular formula is C21H16ClNO2S. The molecule has 5 heteroatoms. The highest BCUT2D eigenvalue weighted by molar-refractivity contribution is 7.91. The van der Waals surface area contributed by atoms with Gasteiger partial charge in [-0.1, -0.05) is 78.3 Å². The van der Waals surface area contributed by atoms with Gasteiger partial charge in [0, 0.05) is 11.9 Å². The fourth-order valence-electron chi connectivity index (χ4n) is 3.13. The average molecular weight is 382 g/mol. The summed E-state index contributed by atoms with van der Waals surface area (Å²) in [5.74, 6) is 0. The van der Waals surface area contributed by atoms with Gasteiger partial charge in [0.05, 0.1) is 10.4 Å². The summed E-state index contributed by atoms with van der Waals surface area (Å²) in [6.07, 6.45) is 0. The van der Waals surface area contributed by atoms with Crippen LogP contribution in [0.25, 0.3) is 10.9 Å². The van der Waals surface area contributed by atoms with E-state index in [0.717, 1.165) is 11.1 Å². The van der Waals surface area contributed by atoms with Crippen LogP contribution in [0.2, 0.25) is 5.15 Å². The summed E-state index contributed by atoms with van der Waals surface area (Å²) in [5.41, 5.74) is 1.86. The third kappa shape index (κ3) is 2.81. The smallest absolute Gasteiger partial charge is 0.210 e. The number of sulfone groups is 1. The molecule has 0 aliphatic carbocycles. The largest absolute Gasteiger partial charge is 0.326 e. The Morgan fingerprint density at radius 3 is 2.04 bits per heavy atom. The molecule has 0 aliphatic rings. The number of hydrogen-bond acceptors (Lipinski definition) is 2.